The van der Waals surface area contributed by atoms with Crippen molar-refractivity contribution >= 4 is 23.6 Å². The molecule has 168 valence electrons. The molecule has 0 bridgehead atoms. The lowest BCUT2D eigenvalue weighted by Crippen LogP contribution is -2.43. The third kappa shape index (κ3) is 5.37. The zero-order valence-electron chi connectivity index (χ0n) is 17.0. The molecule has 2 aromatic rings. The van der Waals surface area contributed by atoms with Gasteiger partial charge < -0.3 is 15.3 Å². The molecular formula is C20H20F2N6O4. The average Bonchev–Trinajstić information content (AvgIpc) is 3.25. The molecule has 3 amide bonds. The van der Waals surface area contributed by atoms with Crippen molar-refractivity contribution in [2.45, 2.75) is 31.9 Å². The number of hydrogen-bond acceptors (Lipinski definition) is 5. The zero-order chi connectivity index (χ0) is 23.5. The molecule has 1 aromatic heterocycles. The first-order valence-electron chi connectivity index (χ1n) is 9.56. The summed E-state index contributed by atoms with van der Waals surface area (Å²) in [5.41, 5.74) is 1.84. The maximum absolute atomic E-state index is 13.5. The van der Waals surface area contributed by atoms with Crippen LogP contribution in [0.1, 0.15) is 28.0 Å². The number of aryl methyl sites for hydroxylation is 1. The van der Waals surface area contributed by atoms with Gasteiger partial charge in [-0.15, -0.1) is 0 Å². The second-order valence-corrected chi connectivity index (χ2v) is 7.36. The molecule has 1 aliphatic heterocycles. The summed E-state index contributed by atoms with van der Waals surface area (Å²) in [7, 11) is 0. The monoisotopic (exact) mass is 446 g/mol. The molecule has 0 aliphatic carbocycles. The van der Waals surface area contributed by atoms with Crippen molar-refractivity contribution in [2.24, 2.45) is 0 Å². The van der Waals surface area contributed by atoms with Crippen LogP contribution in [-0.2, 0) is 11.3 Å². The van der Waals surface area contributed by atoms with E-state index < -0.39 is 49.4 Å². The molecule has 0 saturated carbocycles. The Balaban J connectivity index is 1.59. The molecule has 1 saturated heterocycles. The Kier molecular flexibility index (Phi) is 6.38. The molecule has 3 rings (SSSR count). The molecule has 3 N–H and O–H groups in total. The summed E-state index contributed by atoms with van der Waals surface area (Å²) < 4.78 is 28.5. The van der Waals surface area contributed by atoms with Gasteiger partial charge in [-0.25, -0.2) is 13.6 Å². The third-order valence-corrected chi connectivity index (χ3v) is 4.88. The number of nitrogens with zero attached hydrogens (tertiary/aromatic N) is 4. The molecule has 0 radical (unpaired) electrons. The van der Waals surface area contributed by atoms with E-state index in [0.717, 1.165) is 10.5 Å². The van der Waals surface area contributed by atoms with Crippen molar-refractivity contribution in [1.82, 2.24) is 20.0 Å². The first-order valence-corrected chi connectivity index (χ1v) is 9.56. The van der Waals surface area contributed by atoms with Crippen molar-refractivity contribution in [3.05, 3.63) is 47.3 Å². The lowest BCUT2D eigenvalue weighted by atomic mass is 10.2. The van der Waals surface area contributed by atoms with E-state index >= 15 is 0 Å². The van der Waals surface area contributed by atoms with Crippen LogP contribution in [0.5, 0.6) is 0 Å². The molecule has 1 fully saturated rings. The van der Waals surface area contributed by atoms with E-state index in [2.05, 4.69) is 15.7 Å². The van der Waals surface area contributed by atoms with Crippen molar-refractivity contribution in [3.8, 4) is 6.07 Å². The molecule has 1 aliphatic rings. The number of amides is 3. The van der Waals surface area contributed by atoms with E-state index in [0.29, 0.717) is 17.9 Å². The Hall–Kier alpha value is -4.01. The van der Waals surface area contributed by atoms with Crippen LogP contribution in [0, 0.1) is 18.3 Å². The SMILES string of the molecule is Cc1nn(Cc2ccc(NC(=O)O)cc2)cc1C(=O)NCC(=O)N1CC(F)(F)C[C@H]1C#N. The lowest BCUT2D eigenvalue weighted by Gasteiger charge is -2.19. The number of nitriles is 1. The summed E-state index contributed by atoms with van der Waals surface area (Å²) in [6.07, 6.45) is -0.403. The van der Waals surface area contributed by atoms with Crippen LogP contribution in [0.2, 0.25) is 0 Å². The third-order valence-electron chi connectivity index (χ3n) is 4.88. The second kappa shape index (κ2) is 9.01. The summed E-state index contributed by atoms with van der Waals surface area (Å²) in [5, 5.41) is 26.6. The van der Waals surface area contributed by atoms with Crippen molar-refractivity contribution in [1.29, 1.82) is 5.26 Å². The topological polar surface area (TPSA) is 140 Å². The van der Waals surface area contributed by atoms with E-state index in [1.807, 2.05) is 0 Å². The Bertz CT molecular complexity index is 1080. The lowest BCUT2D eigenvalue weighted by molar-refractivity contribution is -0.131. The Morgan fingerprint density at radius 1 is 1.31 bits per heavy atom. The number of halogens is 2. The van der Waals surface area contributed by atoms with E-state index in [-0.39, 0.29) is 5.56 Å². The van der Waals surface area contributed by atoms with Crippen LogP contribution >= 0.6 is 0 Å². The smallest absolute Gasteiger partial charge is 0.409 e. The number of rotatable bonds is 6. The fourth-order valence-electron chi connectivity index (χ4n) is 3.37. The molecule has 1 aromatic carbocycles. The molecule has 0 spiro atoms. The minimum Gasteiger partial charge on any atom is -0.465 e. The maximum atomic E-state index is 13.5. The zero-order valence-corrected chi connectivity index (χ0v) is 17.0. The summed E-state index contributed by atoms with van der Waals surface area (Å²) in [6, 6.07) is 7.06. The number of carboxylic acid groups (broad SMARTS) is 1. The van der Waals surface area contributed by atoms with Gasteiger partial charge in [-0.1, -0.05) is 12.1 Å². The minimum absolute atomic E-state index is 0.213. The highest BCUT2D eigenvalue weighted by molar-refractivity contribution is 5.97. The number of nitrogens with one attached hydrogen (secondary N) is 2. The average molecular weight is 446 g/mol. The quantitative estimate of drug-likeness (QED) is 0.618. The molecule has 10 nitrogen and oxygen atoms in total. The minimum atomic E-state index is -3.13. The van der Waals surface area contributed by atoms with Gasteiger partial charge in [0.25, 0.3) is 11.8 Å². The van der Waals surface area contributed by atoms with Crippen LogP contribution in [0.15, 0.2) is 30.5 Å². The van der Waals surface area contributed by atoms with E-state index in [1.54, 1.807) is 37.3 Å². The Morgan fingerprint density at radius 2 is 2.00 bits per heavy atom. The second-order valence-electron chi connectivity index (χ2n) is 7.36. The van der Waals surface area contributed by atoms with Crippen LogP contribution in [-0.4, -0.2) is 62.7 Å². The molecule has 32 heavy (non-hydrogen) atoms. The number of carbonyl (C=O) groups excluding carboxylic acids is 2. The van der Waals surface area contributed by atoms with Gasteiger partial charge in [-0.3, -0.25) is 19.6 Å². The number of benzene rings is 1. The van der Waals surface area contributed by atoms with Gasteiger partial charge in [0.05, 0.1) is 37.0 Å². The first kappa shape index (κ1) is 22.7. The van der Waals surface area contributed by atoms with E-state index in [9.17, 15) is 23.2 Å². The predicted molar refractivity (Wildman–Crippen MR) is 107 cm³/mol. The first-order chi connectivity index (χ1) is 15.1. The molecule has 1 atom stereocenters. The summed E-state index contributed by atoms with van der Waals surface area (Å²) in [4.78, 5) is 36.1. The molecule has 0 unspecified atom stereocenters. The van der Waals surface area contributed by atoms with Gasteiger partial charge in [0.1, 0.15) is 6.04 Å². The number of hydrogen-bond donors (Lipinski definition) is 3. The van der Waals surface area contributed by atoms with Gasteiger partial charge in [-0.2, -0.15) is 10.4 Å². The van der Waals surface area contributed by atoms with Crippen LogP contribution in [0.25, 0.3) is 0 Å². The Labute approximate surface area is 181 Å². The molecule has 2 heterocycles. The highest BCUT2D eigenvalue weighted by Crippen LogP contribution is 2.31. The normalized spacial score (nSPS) is 16.9. The van der Waals surface area contributed by atoms with Crippen LogP contribution in [0.4, 0.5) is 19.3 Å². The largest absolute Gasteiger partial charge is 0.465 e. The number of carbonyl (C=O) groups is 3. The highest BCUT2D eigenvalue weighted by Gasteiger charge is 2.47. The number of alkyl halides is 2. The van der Waals surface area contributed by atoms with Gasteiger partial charge in [0.2, 0.25) is 5.91 Å². The van der Waals surface area contributed by atoms with Gasteiger partial charge in [0.15, 0.2) is 0 Å². The highest BCUT2D eigenvalue weighted by atomic mass is 19.3. The molecular weight excluding hydrogens is 426 g/mol. The van der Waals surface area contributed by atoms with Crippen molar-refractivity contribution in [3.63, 3.8) is 0 Å². The van der Waals surface area contributed by atoms with Gasteiger partial charge in [0, 0.05) is 18.3 Å². The number of likely N-dealkylation sites (tertiary alicyclic amines) is 1. The number of anilines is 1. The van der Waals surface area contributed by atoms with Crippen molar-refractivity contribution in [2.75, 3.05) is 18.4 Å². The standard InChI is InChI=1S/C20H20F2N6O4/c1-12-16(10-27(26-12)9-13-2-4-14(5-3-13)25-19(31)32)18(30)24-8-17(29)28-11-20(21,22)6-15(28)7-23/h2-5,10,15,25H,6,8-9,11H2,1H3,(H,24,30)(H,31,32)/t15-/m0/s1. The summed E-state index contributed by atoms with van der Waals surface area (Å²) in [6.45, 7) is 0.556. The van der Waals surface area contributed by atoms with E-state index in [1.165, 1.54) is 10.9 Å². The molecule has 12 heteroatoms. The van der Waals surface area contributed by atoms with Gasteiger partial charge in [-0.05, 0) is 24.6 Å². The Morgan fingerprint density at radius 3 is 2.62 bits per heavy atom. The summed E-state index contributed by atoms with van der Waals surface area (Å²) in [5.74, 6) is -4.48. The van der Waals surface area contributed by atoms with Crippen LogP contribution in [0.3, 0.4) is 0 Å². The predicted octanol–water partition coefficient (Wildman–Crippen LogP) is 1.82. The van der Waals surface area contributed by atoms with Gasteiger partial charge >= 0.3 is 6.09 Å². The van der Waals surface area contributed by atoms with Crippen LogP contribution < -0.4 is 10.6 Å². The fraction of sp³-hybridized carbons (Fsp3) is 0.350. The fourth-order valence-corrected chi connectivity index (χ4v) is 3.37. The maximum Gasteiger partial charge on any atom is 0.409 e. The summed E-state index contributed by atoms with van der Waals surface area (Å²) >= 11 is 0. The van der Waals surface area contributed by atoms with Crippen molar-refractivity contribution < 1.29 is 28.3 Å². The van der Waals surface area contributed by atoms with E-state index in [4.69, 9.17) is 10.4 Å². The number of aromatic nitrogens is 2.